The van der Waals surface area contributed by atoms with Gasteiger partial charge in [-0.05, 0) is 74.5 Å². The smallest absolute Gasteiger partial charge is 0.159 e. The molecular weight excluding hydrogens is 533 g/mol. The number of nitrogens with zero attached hydrogens (tertiary/aromatic N) is 4. The summed E-state index contributed by atoms with van der Waals surface area (Å²) in [7, 11) is 2.11. The molecule has 9 heteroatoms. The van der Waals surface area contributed by atoms with Crippen LogP contribution in [0.3, 0.4) is 0 Å². The second kappa shape index (κ2) is 12.7. The van der Waals surface area contributed by atoms with Crippen LogP contribution >= 0.6 is 0 Å². The molecule has 0 bridgehead atoms. The maximum atomic E-state index is 13.8. The molecule has 1 N–H and O–H groups in total. The Morgan fingerprint density at radius 2 is 1.95 bits per heavy atom. The van der Waals surface area contributed by atoms with E-state index in [1.54, 1.807) is 25.1 Å². The van der Waals surface area contributed by atoms with Crippen LogP contribution < -0.4 is 5.32 Å². The van der Waals surface area contributed by atoms with E-state index in [9.17, 15) is 9.18 Å². The Hall–Kier alpha value is -3.68. The van der Waals surface area contributed by atoms with Gasteiger partial charge in [-0.1, -0.05) is 17.9 Å². The van der Waals surface area contributed by atoms with Crippen molar-refractivity contribution < 1.29 is 18.7 Å². The molecule has 1 aromatic heterocycles. The normalized spacial score (nSPS) is 22.8. The highest BCUT2D eigenvalue weighted by Crippen LogP contribution is 2.28. The van der Waals surface area contributed by atoms with Crippen LogP contribution in [0.5, 0.6) is 0 Å². The number of nitrogens with one attached hydrogen (secondary N) is 1. The van der Waals surface area contributed by atoms with Gasteiger partial charge in [-0.2, -0.15) is 0 Å². The van der Waals surface area contributed by atoms with E-state index in [4.69, 9.17) is 9.47 Å². The molecule has 3 aromatic rings. The molecule has 3 saturated heterocycles. The average molecular weight is 570 g/mol. The van der Waals surface area contributed by atoms with Crippen molar-refractivity contribution in [3.8, 4) is 11.8 Å². The minimum Gasteiger partial charge on any atom is -0.372 e. The molecule has 3 aliphatic heterocycles. The number of anilines is 2. The first-order valence-corrected chi connectivity index (χ1v) is 14.6. The number of ketones is 1. The highest BCUT2D eigenvalue weighted by Gasteiger charge is 2.35. The number of aromatic nitrogens is 2. The van der Waals surface area contributed by atoms with E-state index in [-0.39, 0.29) is 30.2 Å². The summed E-state index contributed by atoms with van der Waals surface area (Å²) < 4.78 is 25.5. The molecule has 8 nitrogen and oxygen atoms in total. The lowest BCUT2D eigenvalue weighted by Crippen LogP contribution is -2.36. The number of hydrogen-bond donors (Lipinski definition) is 1. The van der Waals surface area contributed by atoms with E-state index in [0.29, 0.717) is 37.1 Å². The van der Waals surface area contributed by atoms with Crippen molar-refractivity contribution in [2.75, 3.05) is 58.3 Å². The van der Waals surface area contributed by atoms with Crippen molar-refractivity contribution in [1.82, 2.24) is 19.8 Å². The zero-order chi connectivity index (χ0) is 29.1. The lowest BCUT2D eigenvalue weighted by atomic mass is 9.98. The Kier molecular flexibility index (Phi) is 8.58. The third-order valence-electron chi connectivity index (χ3n) is 8.15. The Morgan fingerprint density at radius 3 is 2.69 bits per heavy atom. The summed E-state index contributed by atoms with van der Waals surface area (Å²) in [5, 5.41) is 4.07. The van der Waals surface area contributed by atoms with Crippen molar-refractivity contribution in [3.05, 3.63) is 71.3 Å². The number of ether oxygens (including phenoxy) is 2. The van der Waals surface area contributed by atoms with Crippen molar-refractivity contribution in [2.24, 2.45) is 5.92 Å². The van der Waals surface area contributed by atoms with Gasteiger partial charge in [0.25, 0.3) is 0 Å². The number of benzene rings is 2. The molecule has 6 rings (SSSR count). The maximum Gasteiger partial charge on any atom is 0.159 e. The summed E-state index contributed by atoms with van der Waals surface area (Å²) in [5.41, 5.74) is 3.63. The van der Waals surface area contributed by atoms with Gasteiger partial charge in [0.05, 0.1) is 30.9 Å². The monoisotopic (exact) mass is 569 g/mol. The standard InChI is InChI=1S/C33H36FN5O3/c1-22-14-26(7-8-29(22)34)37-33-28-16-25(15-27(40)4-3-10-39-19-31-32(20-39)42-13-12-41-31)24(17-30(28)35-21-36-33)6-5-23-9-11-38(2)18-23/h3-4,7-8,14,16-17,21,23,31-32H,9-13,15,18-20H2,1-2H3,(H,35,36,37)/b4-3+. The third-order valence-corrected chi connectivity index (χ3v) is 8.15. The molecule has 42 heavy (non-hydrogen) atoms. The molecule has 4 heterocycles. The van der Waals surface area contributed by atoms with Crippen LogP contribution in [0, 0.1) is 30.5 Å². The largest absolute Gasteiger partial charge is 0.372 e. The first kappa shape index (κ1) is 28.4. The number of allylic oxidation sites excluding steroid dienone is 1. The van der Waals surface area contributed by atoms with Crippen molar-refractivity contribution in [1.29, 1.82) is 0 Å². The van der Waals surface area contributed by atoms with E-state index in [1.807, 2.05) is 18.2 Å². The predicted octanol–water partition coefficient (Wildman–Crippen LogP) is 3.89. The Morgan fingerprint density at radius 1 is 1.14 bits per heavy atom. The Labute approximate surface area is 245 Å². The first-order chi connectivity index (χ1) is 20.4. The van der Waals surface area contributed by atoms with Gasteiger partial charge in [0, 0.05) is 55.2 Å². The second-order valence-corrected chi connectivity index (χ2v) is 11.4. The topological polar surface area (TPSA) is 79.8 Å². The molecule has 3 aliphatic rings. The quantitative estimate of drug-likeness (QED) is 0.339. The minimum absolute atomic E-state index is 0.00244. The van der Waals surface area contributed by atoms with Crippen LogP contribution in [0.4, 0.5) is 15.9 Å². The number of halogens is 1. The molecule has 3 unspecified atom stereocenters. The van der Waals surface area contributed by atoms with E-state index in [1.165, 1.54) is 12.4 Å². The van der Waals surface area contributed by atoms with Gasteiger partial charge in [-0.25, -0.2) is 14.4 Å². The molecule has 0 aliphatic carbocycles. The third kappa shape index (κ3) is 6.69. The molecule has 0 radical (unpaired) electrons. The lowest BCUT2D eigenvalue weighted by Gasteiger charge is -2.24. The molecule has 2 aromatic carbocycles. The van der Waals surface area contributed by atoms with Crippen LogP contribution in [0.2, 0.25) is 0 Å². The summed E-state index contributed by atoms with van der Waals surface area (Å²) in [4.78, 5) is 26.7. The van der Waals surface area contributed by atoms with E-state index < -0.39 is 0 Å². The Bertz CT molecular complexity index is 1550. The predicted molar refractivity (Wildman–Crippen MR) is 160 cm³/mol. The second-order valence-electron chi connectivity index (χ2n) is 11.4. The van der Waals surface area contributed by atoms with Crippen molar-refractivity contribution in [3.63, 3.8) is 0 Å². The fraction of sp³-hybridized carbons (Fsp3) is 0.424. The van der Waals surface area contributed by atoms with Crippen LogP contribution in [-0.4, -0.2) is 90.7 Å². The van der Waals surface area contributed by atoms with Gasteiger partial charge in [0.15, 0.2) is 5.78 Å². The number of carbonyl (C=O) groups excluding carboxylic acids is 1. The van der Waals surface area contributed by atoms with Gasteiger partial charge in [-0.3, -0.25) is 9.69 Å². The lowest BCUT2D eigenvalue weighted by molar-refractivity contribution is -0.116. The minimum atomic E-state index is -0.261. The van der Waals surface area contributed by atoms with Gasteiger partial charge in [-0.15, -0.1) is 0 Å². The number of fused-ring (bicyclic) bond motifs is 2. The highest BCUT2D eigenvalue weighted by atomic mass is 19.1. The SMILES string of the molecule is Cc1cc(Nc2ncnc3cc(C#CC4CCN(C)C4)c(CC(=O)/C=C/CN4CC5OCCOC5C4)cc23)ccc1F. The van der Waals surface area contributed by atoms with Gasteiger partial charge >= 0.3 is 0 Å². The Balaban J connectivity index is 1.24. The molecule has 0 spiro atoms. The molecule has 3 fully saturated rings. The van der Waals surface area contributed by atoms with Gasteiger partial charge < -0.3 is 19.7 Å². The van der Waals surface area contributed by atoms with Gasteiger partial charge in [0.1, 0.15) is 18.0 Å². The first-order valence-electron chi connectivity index (χ1n) is 14.6. The van der Waals surface area contributed by atoms with Crippen LogP contribution in [0.1, 0.15) is 23.1 Å². The molecule has 0 saturated carbocycles. The number of likely N-dealkylation sites (tertiary alicyclic amines) is 2. The molecule has 3 atom stereocenters. The number of hydrogen-bond acceptors (Lipinski definition) is 8. The van der Waals surface area contributed by atoms with E-state index in [0.717, 1.165) is 60.3 Å². The summed E-state index contributed by atoms with van der Waals surface area (Å²) in [6.07, 6.45) is 6.57. The summed E-state index contributed by atoms with van der Waals surface area (Å²) in [6, 6.07) is 8.76. The van der Waals surface area contributed by atoms with Crippen LogP contribution in [0.25, 0.3) is 10.9 Å². The molecule has 218 valence electrons. The van der Waals surface area contributed by atoms with Crippen LogP contribution in [0.15, 0.2) is 48.8 Å². The number of carbonyl (C=O) groups is 1. The molecule has 0 amide bonds. The van der Waals surface area contributed by atoms with Gasteiger partial charge in [0.2, 0.25) is 0 Å². The zero-order valence-electron chi connectivity index (χ0n) is 24.1. The molecular formula is C33H36FN5O3. The highest BCUT2D eigenvalue weighted by molar-refractivity contribution is 5.96. The van der Waals surface area contributed by atoms with E-state index >= 15 is 0 Å². The van der Waals surface area contributed by atoms with Crippen molar-refractivity contribution >= 4 is 28.2 Å². The van der Waals surface area contributed by atoms with Crippen molar-refractivity contribution in [2.45, 2.75) is 32.0 Å². The number of rotatable bonds is 7. The number of aryl methyl sites for hydroxylation is 1. The summed E-state index contributed by atoms with van der Waals surface area (Å²) >= 11 is 0. The maximum absolute atomic E-state index is 13.8. The van der Waals surface area contributed by atoms with E-state index in [2.05, 4.69) is 44.0 Å². The summed E-state index contributed by atoms with van der Waals surface area (Å²) in [6.45, 7) is 7.29. The zero-order valence-corrected chi connectivity index (χ0v) is 24.1. The fourth-order valence-electron chi connectivity index (χ4n) is 5.87. The average Bonchev–Trinajstić information content (AvgIpc) is 3.59. The van der Waals surface area contributed by atoms with Crippen LogP contribution in [-0.2, 0) is 20.7 Å². The summed E-state index contributed by atoms with van der Waals surface area (Å²) in [5.74, 6) is 7.44. The fourth-order valence-corrected chi connectivity index (χ4v) is 5.87.